The van der Waals surface area contributed by atoms with E-state index in [4.69, 9.17) is 10.5 Å². The molecule has 1 saturated heterocycles. The summed E-state index contributed by atoms with van der Waals surface area (Å²) in [4.78, 5) is 4.34. The van der Waals surface area contributed by atoms with Crippen LogP contribution in [0.1, 0.15) is 37.3 Å². The number of aliphatic imine (C=N–C) groups is 1. The van der Waals surface area contributed by atoms with Gasteiger partial charge in [0.05, 0.1) is 6.10 Å². The summed E-state index contributed by atoms with van der Waals surface area (Å²) in [5.41, 5.74) is 5.87. The van der Waals surface area contributed by atoms with Crippen LogP contribution in [0.15, 0.2) is 4.99 Å². The van der Waals surface area contributed by atoms with Crippen molar-refractivity contribution >= 4 is 29.9 Å². The number of aryl methyl sites for hydroxylation is 1. The third kappa shape index (κ3) is 4.29. The van der Waals surface area contributed by atoms with Gasteiger partial charge in [-0.05, 0) is 25.7 Å². The van der Waals surface area contributed by atoms with Gasteiger partial charge in [-0.25, -0.2) is 4.99 Å². The van der Waals surface area contributed by atoms with Crippen molar-refractivity contribution in [3.05, 3.63) is 11.6 Å². The second kappa shape index (κ2) is 7.92. The summed E-state index contributed by atoms with van der Waals surface area (Å²) >= 11 is 0. The van der Waals surface area contributed by atoms with Gasteiger partial charge in [-0.2, -0.15) is 0 Å². The van der Waals surface area contributed by atoms with Crippen molar-refractivity contribution in [1.82, 2.24) is 20.1 Å². The molecular formula is C13H23IN6O. The van der Waals surface area contributed by atoms with E-state index in [-0.39, 0.29) is 30.1 Å². The molecule has 1 aromatic rings. The third-order valence-electron chi connectivity index (χ3n) is 3.86. The van der Waals surface area contributed by atoms with Crippen LogP contribution in [-0.4, -0.2) is 40.0 Å². The first-order valence-electron chi connectivity index (χ1n) is 7.39. The monoisotopic (exact) mass is 406 g/mol. The predicted molar refractivity (Wildman–Crippen MR) is 90.7 cm³/mol. The molecule has 0 saturated carbocycles. The van der Waals surface area contributed by atoms with Crippen LogP contribution in [0.4, 0.5) is 0 Å². The van der Waals surface area contributed by atoms with Gasteiger partial charge in [0, 0.05) is 26.1 Å². The molecule has 2 aliphatic heterocycles. The quantitative estimate of drug-likeness (QED) is 0.439. The zero-order valence-electron chi connectivity index (χ0n) is 12.1. The first-order valence-corrected chi connectivity index (χ1v) is 7.39. The second-order valence-electron chi connectivity index (χ2n) is 5.36. The molecule has 7 nitrogen and oxygen atoms in total. The van der Waals surface area contributed by atoms with Crippen molar-refractivity contribution in [3.8, 4) is 0 Å². The Morgan fingerprint density at radius 1 is 1.38 bits per heavy atom. The van der Waals surface area contributed by atoms with E-state index in [1.54, 1.807) is 0 Å². The summed E-state index contributed by atoms with van der Waals surface area (Å²) in [6, 6.07) is 0. The van der Waals surface area contributed by atoms with Crippen LogP contribution in [0.3, 0.4) is 0 Å². The van der Waals surface area contributed by atoms with Gasteiger partial charge in [-0.15, -0.1) is 34.2 Å². The van der Waals surface area contributed by atoms with Crippen molar-refractivity contribution in [2.75, 3.05) is 13.2 Å². The molecular weight excluding hydrogens is 383 g/mol. The largest absolute Gasteiger partial charge is 0.376 e. The summed E-state index contributed by atoms with van der Waals surface area (Å²) in [5.74, 6) is 2.43. The second-order valence-corrected chi connectivity index (χ2v) is 5.36. The summed E-state index contributed by atoms with van der Waals surface area (Å²) in [7, 11) is 0. The molecule has 3 rings (SSSR count). The average Bonchev–Trinajstić information content (AvgIpc) is 3.12. The molecule has 118 valence electrons. The summed E-state index contributed by atoms with van der Waals surface area (Å²) < 4.78 is 7.70. The molecule has 2 aliphatic rings. The van der Waals surface area contributed by atoms with Crippen LogP contribution in [-0.2, 0) is 24.2 Å². The van der Waals surface area contributed by atoms with E-state index in [1.807, 2.05) is 0 Å². The number of halogens is 1. The SMILES string of the molecule is I.NC(=NCc1nnc2n1CCCC2)NCC1CCCO1. The minimum absolute atomic E-state index is 0. The summed E-state index contributed by atoms with van der Waals surface area (Å²) in [6.45, 7) is 3.07. The Morgan fingerprint density at radius 2 is 2.29 bits per heavy atom. The molecule has 0 aromatic carbocycles. The van der Waals surface area contributed by atoms with Crippen molar-refractivity contribution in [3.63, 3.8) is 0 Å². The Kier molecular flexibility index (Phi) is 6.22. The minimum atomic E-state index is 0. The van der Waals surface area contributed by atoms with E-state index in [0.717, 1.165) is 50.6 Å². The van der Waals surface area contributed by atoms with Crippen molar-refractivity contribution in [2.45, 2.75) is 51.3 Å². The number of nitrogens with zero attached hydrogens (tertiary/aromatic N) is 4. The highest BCUT2D eigenvalue weighted by Gasteiger charge is 2.16. The van der Waals surface area contributed by atoms with Crippen LogP contribution in [0.5, 0.6) is 0 Å². The molecule has 1 fully saturated rings. The van der Waals surface area contributed by atoms with E-state index < -0.39 is 0 Å². The van der Waals surface area contributed by atoms with E-state index in [2.05, 4.69) is 25.1 Å². The first-order chi connectivity index (χ1) is 9.83. The number of aromatic nitrogens is 3. The van der Waals surface area contributed by atoms with Crippen LogP contribution in [0.25, 0.3) is 0 Å². The number of hydrogen-bond acceptors (Lipinski definition) is 4. The zero-order chi connectivity index (χ0) is 13.8. The van der Waals surface area contributed by atoms with E-state index >= 15 is 0 Å². The fraction of sp³-hybridized carbons (Fsp3) is 0.769. The first kappa shape index (κ1) is 16.5. The van der Waals surface area contributed by atoms with Gasteiger partial charge in [0.1, 0.15) is 12.4 Å². The van der Waals surface area contributed by atoms with E-state index in [0.29, 0.717) is 12.5 Å². The predicted octanol–water partition coefficient (Wildman–Crippen LogP) is 0.816. The normalized spacial score (nSPS) is 21.7. The van der Waals surface area contributed by atoms with Crippen LogP contribution in [0.2, 0.25) is 0 Å². The van der Waals surface area contributed by atoms with Gasteiger partial charge >= 0.3 is 0 Å². The smallest absolute Gasteiger partial charge is 0.189 e. The van der Waals surface area contributed by atoms with Crippen LogP contribution < -0.4 is 11.1 Å². The molecule has 21 heavy (non-hydrogen) atoms. The zero-order valence-corrected chi connectivity index (χ0v) is 14.5. The molecule has 0 radical (unpaired) electrons. The number of nitrogens with one attached hydrogen (secondary N) is 1. The van der Waals surface area contributed by atoms with Gasteiger partial charge in [0.15, 0.2) is 11.8 Å². The maximum absolute atomic E-state index is 5.87. The van der Waals surface area contributed by atoms with Crippen molar-refractivity contribution in [2.24, 2.45) is 10.7 Å². The van der Waals surface area contributed by atoms with Gasteiger partial charge in [-0.3, -0.25) is 0 Å². The number of hydrogen-bond donors (Lipinski definition) is 2. The highest BCUT2D eigenvalue weighted by molar-refractivity contribution is 14.0. The molecule has 1 unspecified atom stereocenters. The molecule has 0 amide bonds. The Morgan fingerprint density at radius 3 is 3.10 bits per heavy atom. The molecule has 0 spiro atoms. The molecule has 3 N–H and O–H groups in total. The molecule has 1 aromatic heterocycles. The average molecular weight is 406 g/mol. The number of nitrogens with two attached hydrogens (primary N) is 1. The summed E-state index contributed by atoms with van der Waals surface area (Å²) in [5, 5.41) is 11.5. The number of guanidine groups is 1. The Labute approximate surface area is 141 Å². The lowest BCUT2D eigenvalue weighted by Crippen LogP contribution is -2.37. The minimum Gasteiger partial charge on any atom is -0.376 e. The summed E-state index contributed by atoms with van der Waals surface area (Å²) in [6.07, 6.45) is 5.90. The van der Waals surface area contributed by atoms with Gasteiger partial charge < -0.3 is 20.4 Å². The van der Waals surface area contributed by atoms with Crippen LogP contribution >= 0.6 is 24.0 Å². The lowest BCUT2D eigenvalue weighted by atomic mass is 10.2. The molecule has 1 atom stereocenters. The standard InChI is InChI=1S/C13H22N6O.HI/c14-13(15-8-10-4-3-7-20-10)16-9-12-18-17-11-5-1-2-6-19(11)12;/h10H,1-9H2,(H3,14,15,16);1H. The lowest BCUT2D eigenvalue weighted by Gasteiger charge is -2.14. The van der Waals surface area contributed by atoms with Crippen molar-refractivity contribution < 1.29 is 4.74 Å². The highest BCUT2D eigenvalue weighted by atomic mass is 127. The molecule has 0 bridgehead atoms. The Hall–Kier alpha value is -0.900. The fourth-order valence-corrected chi connectivity index (χ4v) is 2.72. The van der Waals surface area contributed by atoms with E-state index in [9.17, 15) is 0 Å². The lowest BCUT2D eigenvalue weighted by molar-refractivity contribution is 0.114. The number of rotatable bonds is 4. The topological polar surface area (TPSA) is 90.4 Å². The number of ether oxygens (including phenoxy) is 1. The molecule has 0 aliphatic carbocycles. The highest BCUT2D eigenvalue weighted by Crippen LogP contribution is 2.14. The maximum Gasteiger partial charge on any atom is 0.189 e. The van der Waals surface area contributed by atoms with Gasteiger partial charge in [0.2, 0.25) is 0 Å². The maximum atomic E-state index is 5.87. The molecule has 3 heterocycles. The Bertz CT molecular complexity index is 483. The fourth-order valence-electron chi connectivity index (χ4n) is 2.72. The van der Waals surface area contributed by atoms with Crippen molar-refractivity contribution in [1.29, 1.82) is 0 Å². The van der Waals surface area contributed by atoms with Gasteiger partial charge in [-0.1, -0.05) is 0 Å². The van der Waals surface area contributed by atoms with Gasteiger partial charge in [0.25, 0.3) is 0 Å². The van der Waals surface area contributed by atoms with E-state index in [1.165, 1.54) is 12.8 Å². The Balaban J connectivity index is 0.00000161. The molecule has 8 heteroatoms. The van der Waals surface area contributed by atoms with Crippen LogP contribution in [0, 0.1) is 0 Å². The third-order valence-corrected chi connectivity index (χ3v) is 3.86. The number of fused-ring (bicyclic) bond motifs is 1.